The van der Waals surface area contributed by atoms with E-state index in [1.54, 1.807) is 0 Å². The van der Waals surface area contributed by atoms with E-state index in [0.717, 1.165) is 18.8 Å². The Morgan fingerprint density at radius 2 is 2.27 bits per heavy atom. The lowest BCUT2D eigenvalue weighted by molar-refractivity contribution is -0.123. The van der Waals surface area contributed by atoms with Crippen molar-refractivity contribution >= 4 is 5.78 Å². The van der Waals surface area contributed by atoms with Crippen LogP contribution >= 0.6 is 0 Å². The Morgan fingerprint density at radius 3 is 2.73 bits per heavy atom. The van der Waals surface area contributed by atoms with Crippen molar-refractivity contribution in [1.82, 2.24) is 0 Å². The zero-order chi connectivity index (χ0) is 7.84. The van der Waals surface area contributed by atoms with Crippen molar-refractivity contribution < 1.29 is 4.79 Å². The predicted octanol–water partition coefficient (Wildman–Crippen LogP) is 2.18. The lowest BCUT2D eigenvalue weighted by Crippen LogP contribution is -2.17. The number of ketones is 1. The molecule has 0 radical (unpaired) electrons. The van der Waals surface area contributed by atoms with Gasteiger partial charge in [-0.3, -0.25) is 4.79 Å². The molecule has 3 atom stereocenters. The molecule has 1 heteroatoms. The predicted molar refractivity (Wildman–Crippen MR) is 44.1 cm³/mol. The lowest BCUT2D eigenvalue weighted by Gasteiger charge is -2.14. The summed E-state index contributed by atoms with van der Waals surface area (Å²) >= 11 is 0. The molecule has 1 nitrogen and oxygen atoms in total. The van der Waals surface area contributed by atoms with E-state index in [0.29, 0.717) is 17.6 Å². The standard InChI is InChI=1S/C10H14O/c1-2-10(11)9-6-7-3-4-8(9)5-7/h3-4,7-9H,2,5-6H2,1H3. The number of fused-ring (bicyclic) bond motifs is 2. The monoisotopic (exact) mass is 150 g/mol. The van der Waals surface area contributed by atoms with Gasteiger partial charge in [0.25, 0.3) is 0 Å². The van der Waals surface area contributed by atoms with Crippen LogP contribution in [-0.4, -0.2) is 5.78 Å². The van der Waals surface area contributed by atoms with Crippen molar-refractivity contribution in [1.29, 1.82) is 0 Å². The van der Waals surface area contributed by atoms with Crippen LogP contribution in [0, 0.1) is 17.8 Å². The van der Waals surface area contributed by atoms with Crippen LogP contribution in [-0.2, 0) is 4.79 Å². The Kier molecular flexibility index (Phi) is 1.59. The number of carbonyl (C=O) groups excluding carboxylic acids is 1. The second kappa shape index (κ2) is 2.47. The molecular weight excluding hydrogens is 136 g/mol. The van der Waals surface area contributed by atoms with Crippen LogP contribution in [0.5, 0.6) is 0 Å². The van der Waals surface area contributed by atoms with Crippen LogP contribution in [0.1, 0.15) is 26.2 Å². The number of rotatable bonds is 2. The number of hydrogen-bond donors (Lipinski definition) is 0. The van der Waals surface area contributed by atoms with Crippen molar-refractivity contribution in [2.24, 2.45) is 17.8 Å². The van der Waals surface area contributed by atoms with Crippen molar-refractivity contribution in [3.05, 3.63) is 12.2 Å². The fourth-order valence-corrected chi connectivity index (χ4v) is 2.41. The number of carbonyl (C=O) groups is 1. The number of hydrogen-bond acceptors (Lipinski definition) is 1. The van der Waals surface area contributed by atoms with Crippen LogP contribution in [0.4, 0.5) is 0 Å². The van der Waals surface area contributed by atoms with E-state index in [1.807, 2.05) is 6.92 Å². The molecule has 0 spiro atoms. The highest BCUT2D eigenvalue weighted by Gasteiger charge is 2.38. The van der Waals surface area contributed by atoms with Gasteiger partial charge >= 0.3 is 0 Å². The first kappa shape index (κ1) is 7.08. The third-order valence-electron chi connectivity index (χ3n) is 3.04. The summed E-state index contributed by atoms with van der Waals surface area (Å²) in [6.45, 7) is 1.97. The Balaban J connectivity index is 2.08. The van der Waals surface area contributed by atoms with Crippen LogP contribution in [0.2, 0.25) is 0 Å². The summed E-state index contributed by atoms with van der Waals surface area (Å²) in [5, 5.41) is 0. The van der Waals surface area contributed by atoms with Crippen molar-refractivity contribution in [2.45, 2.75) is 26.2 Å². The molecule has 0 N–H and O–H groups in total. The molecule has 0 aromatic heterocycles. The van der Waals surface area contributed by atoms with Gasteiger partial charge in [0.1, 0.15) is 5.78 Å². The number of allylic oxidation sites excluding steroid dienone is 2. The van der Waals surface area contributed by atoms with Gasteiger partial charge in [-0.05, 0) is 24.7 Å². The van der Waals surface area contributed by atoms with Crippen LogP contribution < -0.4 is 0 Å². The summed E-state index contributed by atoms with van der Waals surface area (Å²) in [5.74, 6) is 2.20. The molecule has 0 aromatic carbocycles. The van der Waals surface area contributed by atoms with E-state index in [2.05, 4.69) is 12.2 Å². The highest BCUT2D eigenvalue weighted by Crippen LogP contribution is 2.43. The van der Waals surface area contributed by atoms with E-state index in [1.165, 1.54) is 6.42 Å². The van der Waals surface area contributed by atoms with Crippen molar-refractivity contribution in [3.63, 3.8) is 0 Å². The van der Waals surface area contributed by atoms with Gasteiger partial charge < -0.3 is 0 Å². The van der Waals surface area contributed by atoms with E-state index < -0.39 is 0 Å². The molecule has 2 bridgehead atoms. The first-order valence-electron chi connectivity index (χ1n) is 4.52. The summed E-state index contributed by atoms with van der Waals surface area (Å²) in [4.78, 5) is 11.4. The molecule has 1 fully saturated rings. The van der Waals surface area contributed by atoms with Gasteiger partial charge in [0, 0.05) is 12.3 Å². The molecule has 0 aliphatic heterocycles. The van der Waals surface area contributed by atoms with E-state index in [4.69, 9.17) is 0 Å². The van der Waals surface area contributed by atoms with Gasteiger partial charge in [-0.15, -0.1) is 0 Å². The summed E-state index contributed by atoms with van der Waals surface area (Å²) in [6, 6.07) is 0. The minimum atomic E-state index is 0.384. The summed E-state index contributed by atoms with van der Waals surface area (Å²) in [7, 11) is 0. The fourth-order valence-electron chi connectivity index (χ4n) is 2.41. The quantitative estimate of drug-likeness (QED) is 0.551. The second-order valence-corrected chi connectivity index (χ2v) is 3.71. The average Bonchev–Trinajstić information content (AvgIpc) is 2.62. The zero-order valence-corrected chi connectivity index (χ0v) is 6.92. The Hall–Kier alpha value is -0.590. The Labute approximate surface area is 67.5 Å². The van der Waals surface area contributed by atoms with Gasteiger partial charge in [0.15, 0.2) is 0 Å². The molecule has 0 saturated heterocycles. The Bertz CT molecular complexity index is 205. The molecule has 11 heavy (non-hydrogen) atoms. The molecule has 0 aromatic rings. The molecule has 1 saturated carbocycles. The van der Waals surface area contributed by atoms with Gasteiger partial charge in [0.2, 0.25) is 0 Å². The minimum Gasteiger partial charge on any atom is -0.299 e. The SMILES string of the molecule is CCC(=O)C1CC2C=CC1C2. The van der Waals surface area contributed by atoms with Crippen LogP contribution in [0.15, 0.2) is 12.2 Å². The van der Waals surface area contributed by atoms with E-state index >= 15 is 0 Å². The maximum Gasteiger partial charge on any atom is 0.136 e. The third-order valence-corrected chi connectivity index (χ3v) is 3.04. The van der Waals surface area contributed by atoms with Gasteiger partial charge in [-0.25, -0.2) is 0 Å². The maximum absolute atomic E-state index is 11.4. The van der Waals surface area contributed by atoms with Crippen LogP contribution in [0.25, 0.3) is 0 Å². The first-order valence-corrected chi connectivity index (χ1v) is 4.52. The van der Waals surface area contributed by atoms with Crippen molar-refractivity contribution in [2.75, 3.05) is 0 Å². The average molecular weight is 150 g/mol. The second-order valence-electron chi connectivity index (χ2n) is 3.71. The normalized spacial score (nSPS) is 39.9. The van der Waals surface area contributed by atoms with E-state index in [-0.39, 0.29) is 0 Å². The highest BCUT2D eigenvalue weighted by atomic mass is 16.1. The maximum atomic E-state index is 11.4. The molecule has 0 heterocycles. The summed E-state index contributed by atoms with van der Waals surface area (Å²) < 4.78 is 0. The Morgan fingerprint density at radius 1 is 1.45 bits per heavy atom. The smallest absolute Gasteiger partial charge is 0.136 e. The lowest BCUT2D eigenvalue weighted by atomic mass is 9.89. The zero-order valence-electron chi connectivity index (χ0n) is 6.92. The molecule has 2 aliphatic rings. The van der Waals surface area contributed by atoms with Gasteiger partial charge in [-0.2, -0.15) is 0 Å². The van der Waals surface area contributed by atoms with Gasteiger partial charge in [-0.1, -0.05) is 19.1 Å². The largest absolute Gasteiger partial charge is 0.299 e. The third kappa shape index (κ3) is 1.03. The first-order chi connectivity index (χ1) is 5.31. The molecule has 60 valence electrons. The van der Waals surface area contributed by atoms with Crippen LogP contribution in [0.3, 0.4) is 0 Å². The summed E-state index contributed by atoms with van der Waals surface area (Å²) in [5.41, 5.74) is 0. The van der Waals surface area contributed by atoms with Crippen molar-refractivity contribution in [3.8, 4) is 0 Å². The molecule has 2 aliphatic carbocycles. The van der Waals surface area contributed by atoms with E-state index in [9.17, 15) is 4.79 Å². The van der Waals surface area contributed by atoms with Gasteiger partial charge in [0.05, 0.1) is 0 Å². The molecule has 2 rings (SSSR count). The molecule has 0 amide bonds. The topological polar surface area (TPSA) is 17.1 Å². The minimum absolute atomic E-state index is 0.384. The molecular formula is C10H14O. The summed E-state index contributed by atoms with van der Waals surface area (Å²) in [6.07, 6.45) is 7.63. The highest BCUT2D eigenvalue weighted by molar-refractivity contribution is 5.81. The molecule has 3 unspecified atom stereocenters. The number of Topliss-reactive ketones (excluding diaryl/α,β-unsaturated/α-hetero) is 1. The fraction of sp³-hybridized carbons (Fsp3) is 0.700.